The molecule has 0 aromatic carbocycles. The third-order valence-electron chi connectivity index (χ3n) is 3.57. The van der Waals surface area contributed by atoms with E-state index in [0.717, 1.165) is 24.5 Å². The standard InChI is InChI=1S/C13H25N3OS/c1-12(2)5-9(6-13(3,4)16-12)15-11(17)10-7-18-8-14-10/h9-10,14,16H,5-8H2,1-4H3,(H,15,17). The molecule has 0 aliphatic carbocycles. The quantitative estimate of drug-likeness (QED) is 0.703. The highest BCUT2D eigenvalue weighted by Gasteiger charge is 2.38. The number of piperidine rings is 1. The van der Waals surface area contributed by atoms with Crippen LogP contribution in [0.25, 0.3) is 0 Å². The van der Waals surface area contributed by atoms with E-state index < -0.39 is 0 Å². The number of carbonyl (C=O) groups excluding carboxylic acids is 1. The molecule has 2 aliphatic heterocycles. The molecule has 4 nitrogen and oxygen atoms in total. The van der Waals surface area contributed by atoms with Crippen LogP contribution < -0.4 is 16.0 Å². The molecule has 0 aromatic heterocycles. The third kappa shape index (κ3) is 3.62. The Kier molecular flexibility index (Phi) is 3.95. The molecule has 3 N–H and O–H groups in total. The van der Waals surface area contributed by atoms with Gasteiger partial charge in [-0.1, -0.05) is 0 Å². The van der Waals surface area contributed by atoms with E-state index in [2.05, 4.69) is 43.6 Å². The summed E-state index contributed by atoms with van der Waals surface area (Å²) in [4.78, 5) is 12.1. The molecule has 1 amide bonds. The normalized spacial score (nSPS) is 31.2. The van der Waals surface area contributed by atoms with E-state index in [9.17, 15) is 4.79 Å². The second-order valence-electron chi connectivity index (χ2n) is 6.78. The van der Waals surface area contributed by atoms with Crippen LogP contribution in [-0.4, -0.2) is 40.7 Å². The number of thioether (sulfide) groups is 1. The van der Waals surface area contributed by atoms with Gasteiger partial charge in [0, 0.05) is 28.7 Å². The molecule has 2 aliphatic rings. The summed E-state index contributed by atoms with van der Waals surface area (Å²) in [7, 11) is 0. The number of rotatable bonds is 2. The Morgan fingerprint density at radius 2 is 1.83 bits per heavy atom. The van der Waals surface area contributed by atoms with Crippen LogP contribution in [0.5, 0.6) is 0 Å². The van der Waals surface area contributed by atoms with Gasteiger partial charge in [0.2, 0.25) is 5.91 Å². The van der Waals surface area contributed by atoms with Crippen molar-refractivity contribution in [1.29, 1.82) is 0 Å². The second-order valence-corrected chi connectivity index (χ2v) is 7.81. The van der Waals surface area contributed by atoms with Gasteiger partial charge >= 0.3 is 0 Å². The van der Waals surface area contributed by atoms with E-state index in [1.165, 1.54) is 0 Å². The summed E-state index contributed by atoms with van der Waals surface area (Å²) in [6.07, 6.45) is 1.98. The number of hydrogen-bond acceptors (Lipinski definition) is 4. The topological polar surface area (TPSA) is 53.2 Å². The minimum atomic E-state index is -0.00360. The van der Waals surface area contributed by atoms with Crippen LogP contribution in [0, 0.1) is 0 Å². The molecule has 5 heteroatoms. The Labute approximate surface area is 114 Å². The molecule has 2 fully saturated rings. The molecule has 0 bridgehead atoms. The van der Waals surface area contributed by atoms with Gasteiger partial charge in [-0.15, -0.1) is 11.8 Å². The van der Waals surface area contributed by atoms with Gasteiger partial charge < -0.3 is 10.6 Å². The molecule has 2 heterocycles. The van der Waals surface area contributed by atoms with Crippen LogP contribution in [0.3, 0.4) is 0 Å². The maximum Gasteiger partial charge on any atom is 0.238 e. The Balaban J connectivity index is 1.94. The van der Waals surface area contributed by atoms with Crippen molar-refractivity contribution >= 4 is 17.7 Å². The molecule has 1 atom stereocenters. The van der Waals surface area contributed by atoms with Gasteiger partial charge in [0.25, 0.3) is 0 Å². The molecule has 2 saturated heterocycles. The highest BCUT2D eigenvalue weighted by atomic mass is 32.2. The first kappa shape index (κ1) is 14.2. The smallest absolute Gasteiger partial charge is 0.238 e. The Bertz CT molecular complexity index is 308. The lowest BCUT2D eigenvalue weighted by Crippen LogP contribution is -2.63. The van der Waals surface area contributed by atoms with Crippen molar-refractivity contribution in [2.75, 3.05) is 11.6 Å². The molecular formula is C13H25N3OS. The van der Waals surface area contributed by atoms with E-state index in [1.54, 1.807) is 11.8 Å². The highest BCUT2D eigenvalue weighted by Crippen LogP contribution is 2.28. The van der Waals surface area contributed by atoms with Crippen LogP contribution in [-0.2, 0) is 4.79 Å². The summed E-state index contributed by atoms with van der Waals surface area (Å²) in [5, 5.41) is 10.1. The van der Waals surface area contributed by atoms with Crippen molar-refractivity contribution in [3.8, 4) is 0 Å². The van der Waals surface area contributed by atoms with Gasteiger partial charge in [0.05, 0.1) is 6.04 Å². The largest absolute Gasteiger partial charge is 0.352 e. The molecule has 0 radical (unpaired) electrons. The maximum atomic E-state index is 12.1. The van der Waals surface area contributed by atoms with Crippen molar-refractivity contribution < 1.29 is 4.79 Å². The van der Waals surface area contributed by atoms with Gasteiger partial charge in [-0.05, 0) is 40.5 Å². The lowest BCUT2D eigenvalue weighted by atomic mass is 9.79. The Morgan fingerprint density at radius 1 is 1.22 bits per heavy atom. The van der Waals surface area contributed by atoms with Crippen molar-refractivity contribution in [2.24, 2.45) is 0 Å². The van der Waals surface area contributed by atoms with Gasteiger partial charge in [0.15, 0.2) is 0 Å². The van der Waals surface area contributed by atoms with E-state index in [0.29, 0.717) is 0 Å². The lowest BCUT2D eigenvalue weighted by molar-refractivity contribution is -0.123. The fourth-order valence-electron chi connectivity index (χ4n) is 3.29. The number of nitrogens with one attached hydrogen (secondary N) is 3. The van der Waals surface area contributed by atoms with Gasteiger partial charge in [-0.25, -0.2) is 0 Å². The van der Waals surface area contributed by atoms with Crippen molar-refractivity contribution in [3.63, 3.8) is 0 Å². The maximum absolute atomic E-state index is 12.1. The molecule has 0 saturated carbocycles. The molecule has 104 valence electrons. The van der Waals surface area contributed by atoms with E-state index in [-0.39, 0.29) is 29.1 Å². The monoisotopic (exact) mass is 271 g/mol. The lowest BCUT2D eigenvalue weighted by Gasteiger charge is -2.46. The van der Waals surface area contributed by atoms with Crippen LogP contribution in [0.15, 0.2) is 0 Å². The number of amides is 1. The van der Waals surface area contributed by atoms with Gasteiger partial charge in [-0.2, -0.15) is 0 Å². The predicted molar refractivity (Wildman–Crippen MR) is 76.7 cm³/mol. The number of hydrogen-bond donors (Lipinski definition) is 3. The first-order valence-corrected chi connectivity index (χ1v) is 7.84. The minimum Gasteiger partial charge on any atom is -0.352 e. The third-order valence-corrected chi connectivity index (χ3v) is 4.51. The van der Waals surface area contributed by atoms with Crippen LogP contribution in [0.4, 0.5) is 0 Å². The minimum absolute atomic E-state index is 0.00360. The first-order valence-electron chi connectivity index (χ1n) is 6.68. The summed E-state index contributed by atoms with van der Waals surface area (Å²) in [5.74, 6) is 1.95. The van der Waals surface area contributed by atoms with Crippen LogP contribution in [0.2, 0.25) is 0 Å². The zero-order valence-electron chi connectivity index (χ0n) is 11.8. The first-order chi connectivity index (χ1) is 8.27. The molecular weight excluding hydrogens is 246 g/mol. The van der Waals surface area contributed by atoms with Crippen molar-refractivity contribution in [1.82, 2.24) is 16.0 Å². The van der Waals surface area contributed by atoms with E-state index >= 15 is 0 Å². The highest BCUT2D eigenvalue weighted by molar-refractivity contribution is 7.99. The SMILES string of the molecule is CC1(C)CC(NC(=O)C2CSCN2)CC(C)(C)N1. The van der Waals surface area contributed by atoms with Crippen molar-refractivity contribution in [2.45, 2.75) is 63.7 Å². The predicted octanol–water partition coefficient (Wildman–Crippen LogP) is 1.07. The zero-order valence-corrected chi connectivity index (χ0v) is 12.6. The average Bonchev–Trinajstić information content (AvgIpc) is 2.63. The summed E-state index contributed by atoms with van der Waals surface area (Å²) >= 11 is 1.79. The van der Waals surface area contributed by atoms with E-state index in [1.807, 2.05) is 0 Å². The zero-order chi connectivity index (χ0) is 13.4. The summed E-state index contributed by atoms with van der Waals surface area (Å²) < 4.78 is 0. The summed E-state index contributed by atoms with van der Waals surface area (Å²) in [6, 6.07) is 0.271. The van der Waals surface area contributed by atoms with Gasteiger partial charge in [0.1, 0.15) is 0 Å². The second kappa shape index (κ2) is 5.02. The molecule has 1 unspecified atom stereocenters. The summed E-state index contributed by atoms with van der Waals surface area (Å²) in [6.45, 7) is 8.82. The van der Waals surface area contributed by atoms with E-state index in [4.69, 9.17) is 0 Å². The van der Waals surface area contributed by atoms with Crippen LogP contribution >= 0.6 is 11.8 Å². The Morgan fingerprint density at radius 3 is 2.33 bits per heavy atom. The van der Waals surface area contributed by atoms with Gasteiger partial charge in [-0.3, -0.25) is 10.1 Å². The number of carbonyl (C=O) groups is 1. The molecule has 0 spiro atoms. The average molecular weight is 271 g/mol. The molecule has 2 rings (SSSR count). The summed E-state index contributed by atoms with van der Waals surface area (Å²) in [5.41, 5.74) is 0.162. The Hall–Kier alpha value is -0.260. The van der Waals surface area contributed by atoms with Crippen LogP contribution in [0.1, 0.15) is 40.5 Å². The molecule has 18 heavy (non-hydrogen) atoms. The fraction of sp³-hybridized carbons (Fsp3) is 0.923. The fourth-order valence-corrected chi connectivity index (χ4v) is 4.23. The van der Waals surface area contributed by atoms with Crippen molar-refractivity contribution in [3.05, 3.63) is 0 Å². The molecule has 0 aromatic rings.